The van der Waals surface area contributed by atoms with E-state index in [-0.39, 0.29) is 18.9 Å². The van der Waals surface area contributed by atoms with Gasteiger partial charge >= 0.3 is 12.1 Å². The summed E-state index contributed by atoms with van der Waals surface area (Å²) in [6, 6.07) is 33.3. The standard InChI is InChI=1S/C32H25NO4/c34-31(35)30(16-20-13-14-23-17-21-7-1-2-8-22(21)18-24(23)15-20)33-32(36)37-19-29-27-11-5-3-9-25(27)26-10-4-6-12-28(26)29/h1-15,17-18,29-30H,16,19H2,(H,33,36)(H,34,35)/t30-/m0/s1. The largest absolute Gasteiger partial charge is 0.480 e. The van der Waals surface area contributed by atoms with Gasteiger partial charge in [-0.05, 0) is 61.5 Å². The average molecular weight is 488 g/mol. The number of hydrogen-bond donors (Lipinski definition) is 2. The predicted octanol–water partition coefficient (Wildman–Crippen LogP) is 6.53. The van der Waals surface area contributed by atoms with Gasteiger partial charge in [0, 0.05) is 12.3 Å². The highest BCUT2D eigenvalue weighted by Crippen LogP contribution is 2.44. The Morgan fingerprint density at radius 3 is 1.95 bits per heavy atom. The Kier molecular flexibility index (Phi) is 5.81. The second-order valence-corrected chi connectivity index (χ2v) is 9.45. The first-order valence-electron chi connectivity index (χ1n) is 12.3. The molecule has 1 aliphatic carbocycles. The second kappa shape index (κ2) is 9.43. The first-order chi connectivity index (χ1) is 18.1. The van der Waals surface area contributed by atoms with E-state index in [9.17, 15) is 14.7 Å². The summed E-state index contributed by atoms with van der Waals surface area (Å²) in [5.74, 6) is -1.19. The maximum Gasteiger partial charge on any atom is 0.407 e. The van der Waals surface area contributed by atoms with Crippen LogP contribution in [-0.4, -0.2) is 29.8 Å². The van der Waals surface area contributed by atoms with E-state index < -0.39 is 18.1 Å². The highest BCUT2D eigenvalue weighted by atomic mass is 16.5. The third kappa shape index (κ3) is 4.40. The molecule has 5 aromatic carbocycles. The number of carbonyl (C=O) groups excluding carboxylic acids is 1. The molecule has 0 unspecified atom stereocenters. The summed E-state index contributed by atoms with van der Waals surface area (Å²) in [4.78, 5) is 24.7. The number of ether oxygens (including phenoxy) is 1. The monoisotopic (exact) mass is 487 g/mol. The molecule has 0 aromatic heterocycles. The van der Waals surface area contributed by atoms with E-state index >= 15 is 0 Å². The van der Waals surface area contributed by atoms with Crippen molar-refractivity contribution in [2.75, 3.05) is 6.61 Å². The molecule has 6 rings (SSSR count). The molecule has 5 heteroatoms. The summed E-state index contributed by atoms with van der Waals surface area (Å²) < 4.78 is 5.56. The molecule has 5 aromatic rings. The first-order valence-corrected chi connectivity index (χ1v) is 12.3. The fourth-order valence-corrected chi connectivity index (χ4v) is 5.33. The molecule has 0 aliphatic heterocycles. The summed E-state index contributed by atoms with van der Waals surface area (Å²) in [6.45, 7) is 0.134. The summed E-state index contributed by atoms with van der Waals surface area (Å²) in [6.07, 6.45) is -0.580. The first kappa shape index (κ1) is 22.8. The molecular weight excluding hydrogens is 462 g/mol. The smallest absolute Gasteiger partial charge is 0.407 e. The number of alkyl carbamates (subject to hydrolysis) is 1. The summed E-state index contributed by atoms with van der Waals surface area (Å²) in [7, 11) is 0. The van der Waals surface area contributed by atoms with Crippen molar-refractivity contribution >= 4 is 33.6 Å². The van der Waals surface area contributed by atoms with Gasteiger partial charge in [-0.3, -0.25) is 0 Å². The van der Waals surface area contributed by atoms with E-state index in [1.54, 1.807) is 0 Å². The lowest BCUT2D eigenvalue weighted by atomic mass is 9.98. The maximum atomic E-state index is 12.7. The third-order valence-electron chi connectivity index (χ3n) is 7.14. The highest BCUT2D eigenvalue weighted by Gasteiger charge is 2.29. The Morgan fingerprint density at radius 2 is 1.30 bits per heavy atom. The molecule has 0 radical (unpaired) electrons. The van der Waals surface area contributed by atoms with Crippen LogP contribution in [0.15, 0.2) is 103 Å². The van der Waals surface area contributed by atoms with Gasteiger partial charge in [0.15, 0.2) is 0 Å². The quantitative estimate of drug-likeness (QED) is 0.267. The van der Waals surface area contributed by atoms with Crippen LogP contribution < -0.4 is 5.32 Å². The number of carboxylic acids is 1. The van der Waals surface area contributed by atoms with Gasteiger partial charge in [0.1, 0.15) is 12.6 Å². The van der Waals surface area contributed by atoms with Crippen molar-refractivity contribution in [2.45, 2.75) is 18.4 Å². The molecule has 0 spiro atoms. The molecule has 1 atom stereocenters. The summed E-state index contributed by atoms with van der Waals surface area (Å²) in [5.41, 5.74) is 5.32. The Balaban J connectivity index is 1.16. The molecule has 0 heterocycles. The van der Waals surface area contributed by atoms with Gasteiger partial charge in [-0.15, -0.1) is 0 Å². The van der Waals surface area contributed by atoms with E-state index in [0.29, 0.717) is 0 Å². The minimum Gasteiger partial charge on any atom is -0.480 e. The number of amides is 1. The Hall–Kier alpha value is -4.64. The van der Waals surface area contributed by atoms with Gasteiger partial charge in [-0.2, -0.15) is 0 Å². The number of hydrogen-bond acceptors (Lipinski definition) is 3. The number of carboxylic acid groups (broad SMARTS) is 1. The number of nitrogens with one attached hydrogen (secondary N) is 1. The topological polar surface area (TPSA) is 75.6 Å². The minimum atomic E-state index is -1.10. The molecule has 1 amide bonds. The van der Waals surface area contributed by atoms with Crippen molar-refractivity contribution in [1.82, 2.24) is 5.32 Å². The van der Waals surface area contributed by atoms with E-state index in [2.05, 4.69) is 41.7 Å². The predicted molar refractivity (Wildman–Crippen MR) is 145 cm³/mol. The van der Waals surface area contributed by atoms with Crippen LogP contribution in [0.2, 0.25) is 0 Å². The number of benzene rings is 5. The zero-order valence-electron chi connectivity index (χ0n) is 20.1. The molecule has 2 N–H and O–H groups in total. The third-order valence-corrected chi connectivity index (χ3v) is 7.14. The van der Waals surface area contributed by atoms with Gasteiger partial charge in [-0.1, -0.05) is 91.0 Å². The zero-order chi connectivity index (χ0) is 25.4. The number of rotatable bonds is 6. The van der Waals surface area contributed by atoms with Gasteiger partial charge in [0.25, 0.3) is 0 Å². The number of carbonyl (C=O) groups is 2. The van der Waals surface area contributed by atoms with Gasteiger partial charge in [-0.25, -0.2) is 9.59 Å². The molecule has 1 aliphatic rings. The fraction of sp³-hybridized carbons (Fsp3) is 0.125. The highest BCUT2D eigenvalue weighted by molar-refractivity contribution is 5.98. The fourth-order valence-electron chi connectivity index (χ4n) is 5.33. The van der Waals surface area contributed by atoms with E-state index in [1.165, 1.54) is 0 Å². The van der Waals surface area contributed by atoms with Crippen molar-refractivity contribution in [3.05, 3.63) is 120 Å². The van der Waals surface area contributed by atoms with Crippen molar-refractivity contribution in [2.24, 2.45) is 0 Å². The van der Waals surface area contributed by atoms with Crippen molar-refractivity contribution in [1.29, 1.82) is 0 Å². The van der Waals surface area contributed by atoms with Gasteiger partial charge in [0.05, 0.1) is 0 Å². The van der Waals surface area contributed by atoms with Crippen LogP contribution in [0.3, 0.4) is 0 Å². The van der Waals surface area contributed by atoms with Crippen LogP contribution >= 0.6 is 0 Å². The van der Waals surface area contributed by atoms with Crippen LogP contribution in [0.1, 0.15) is 22.6 Å². The van der Waals surface area contributed by atoms with E-state index in [4.69, 9.17) is 4.74 Å². The molecule has 0 saturated heterocycles. The summed E-state index contributed by atoms with van der Waals surface area (Å²) >= 11 is 0. The van der Waals surface area contributed by atoms with Crippen LogP contribution in [0.4, 0.5) is 4.79 Å². The molecule has 0 saturated carbocycles. The molecule has 0 bridgehead atoms. The molecule has 0 fully saturated rings. The zero-order valence-corrected chi connectivity index (χ0v) is 20.1. The molecule has 5 nitrogen and oxygen atoms in total. The second-order valence-electron chi connectivity index (χ2n) is 9.45. The Bertz CT molecular complexity index is 1610. The summed E-state index contributed by atoms with van der Waals surface area (Å²) in [5, 5.41) is 16.8. The molecule has 37 heavy (non-hydrogen) atoms. The lowest BCUT2D eigenvalue weighted by Gasteiger charge is -2.18. The SMILES string of the molecule is O=C(N[C@@H](Cc1ccc2cc3ccccc3cc2c1)C(=O)O)OCC1c2ccccc2-c2ccccc21. The normalized spacial score (nSPS) is 13.2. The van der Waals surface area contributed by atoms with Crippen molar-refractivity contribution < 1.29 is 19.4 Å². The van der Waals surface area contributed by atoms with Gasteiger partial charge < -0.3 is 15.2 Å². The molecule has 182 valence electrons. The number of aliphatic carboxylic acids is 1. The van der Waals surface area contributed by atoms with Crippen molar-refractivity contribution in [3.8, 4) is 11.1 Å². The van der Waals surface area contributed by atoms with Crippen LogP contribution in [0.25, 0.3) is 32.7 Å². The minimum absolute atomic E-state index is 0.0864. The van der Waals surface area contributed by atoms with Crippen LogP contribution in [0.5, 0.6) is 0 Å². The van der Waals surface area contributed by atoms with Crippen LogP contribution in [-0.2, 0) is 16.0 Å². The van der Waals surface area contributed by atoms with Gasteiger partial charge in [0.2, 0.25) is 0 Å². The maximum absolute atomic E-state index is 12.7. The lowest BCUT2D eigenvalue weighted by Crippen LogP contribution is -2.42. The molecular formula is C32H25NO4. The Morgan fingerprint density at radius 1 is 0.730 bits per heavy atom. The number of fused-ring (bicyclic) bond motifs is 5. The Labute approximate surface area is 214 Å². The average Bonchev–Trinajstić information content (AvgIpc) is 3.24. The van der Waals surface area contributed by atoms with Crippen LogP contribution in [0, 0.1) is 0 Å². The lowest BCUT2D eigenvalue weighted by molar-refractivity contribution is -0.139. The van der Waals surface area contributed by atoms with E-state index in [1.807, 2.05) is 66.7 Å². The van der Waals surface area contributed by atoms with Crippen molar-refractivity contribution in [3.63, 3.8) is 0 Å². The van der Waals surface area contributed by atoms with E-state index in [0.717, 1.165) is 49.4 Å².